The largest absolute Gasteiger partial charge is 0.493 e. The lowest BCUT2D eigenvalue weighted by atomic mass is 10.1. The normalized spacial score (nSPS) is 18.0. The van der Waals surface area contributed by atoms with E-state index in [2.05, 4.69) is 10.5 Å². The maximum atomic E-state index is 12.5. The van der Waals surface area contributed by atoms with Gasteiger partial charge in [0, 0.05) is 25.7 Å². The van der Waals surface area contributed by atoms with Gasteiger partial charge in [-0.05, 0) is 12.1 Å². The Labute approximate surface area is 127 Å². The molecule has 0 aliphatic carbocycles. The zero-order valence-corrected chi connectivity index (χ0v) is 12.2. The van der Waals surface area contributed by atoms with Crippen LogP contribution >= 0.6 is 0 Å². The van der Waals surface area contributed by atoms with Crippen LogP contribution in [0, 0.1) is 0 Å². The van der Waals surface area contributed by atoms with Crippen molar-refractivity contribution >= 4 is 6.09 Å². The monoisotopic (exact) mass is 303 g/mol. The summed E-state index contributed by atoms with van der Waals surface area (Å²) in [5.74, 6) is 0.913. The van der Waals surface area contributed by atoms with E-state index in [0.717, 1.165) is 0 Å². The summed E-state index contributed by atoms with van der Waals surface area (Å²) in [4.78, 5) is 14.1. The molecule has 1 aromatic heterocycles. The molecule has 1 aliphatic heterocycles. The Morgan fingerprint density at radius 3 is 2.91 bits per heavy atom. The number of ether oxygens (including phenoxy) is 2. The quantitative estimate of drug-likeness (QED) is 0.932. The molecule has 0 bridgehead atoms. The van der Waals surface area contributed by atoms with Gasteiger partial charge in [-0.25, -0.2) is 4.79 Å². The summed E-state index contributed by atoms with van der Waals surface area (Å²) in [6.45, 7) is 1.84. The van der Waals surface area contributed by atoms with Crippen LogP contribution in [0.4, 0.5) is 4.79 Å². The van der Waals surface area contributed by atoms with E-state index in [9.17, 15) is 4.79 Å². The number of benzene rings is 1. The molecular weight excluding hydrogens is 286 g/mol. The average Bonchev–Trinajstić information content (AvgIpc) is 3.09. The van der Waals surface area contributed by atoms with Gasteiger partial charge >= 0.3 is 6.09 Å². The molecule has 2 heterocycles. The molecule has 0 spiro atoms. The number of para-hydroxylation sites is 2. The highest BCUT2D eigenvalue weighted by Crippen LogP contribution is 2.28. The lowest BCUT2D eigenvalue weighted by Crippen LogP contribution is -2.49. The molecule has 7 nitrogen and oxygen atoms in total. The fourth-order valence-corrected chi connectivity index (χ4v) is 2.44. The van der Waals surface area contributed by atoms with Crippen LogP contribution in [0.3, 0.4) is 0 Å². The van der Waals surface area contributed by atoms with Gasteiger partial charge in [-0.15, -0.1) is 0 Å². The molecule has 0 radical (unpaired) electrons. The number of amides is 1. The zero-order chi connectivity index (χ0) is 15.4. The van der Waals surface area contributed by atoms with Crippen LogP contribution in [0.1, 0.15) is 11.7 Å². The maximum Gasteiger partial charge on any atom is 0.416 e. The minimum absolute atomic E-state index is 0.213. The molecule has 2 aromatic rings. The van der Waals surface area contributed by atoms with E-state index in [1.807, 2.05) is 6.07 Å². The third kappa shape index (κ3) is 2.89. The molecule has 1 N–H and O–H groups in total. The number of carbonyl (C=O) groups excluding carboxylic acids is 1. The molecule has 116 valence electrons. The van der Waals surface area contributed by atoms with Crippen LogP contribution in [0.5, 0.6) is 11.5 Å². The number of piperazine rings is 1. The second kappa shape index (κ2) is 6.48. The van der Waals surface area contributed by atoms with Crippen LogP contribution in [-0.2, 0) is 0 Å². The Kier molecular flexibility index (Phi) is 4.24. The molecule has 1 amide bonds. The van der Waals surface area contributed by atoms with E-state index < -0.39 is 6.09 Å². The number of hydrogen-bond donors (Lipinski definition) is 1. The number of hydrogen-bond acceptors (Lipinski definition) is 6. The van der Waals surface area contributed by atoms with E-state index in [1.165, 1.54) is 13.4 Å². The van der Waals surface area contributed by atoms with Crippen molar-refractivity contribution in [2.45, 2.75) is 6.04 Å². The van der Waals surface area contributed by atoms with Gasteiger partial charge in [-0.3, -0.25) is 4.90 Å². The second-order valence-corrected chi connectivity index (χ2v) is 4.86. The maximum absolute atomic E-state index is 12.5. The number of nitrogens with one attached hydrogen (secondary N) is 1. The van der Waals surface area contributed by atoms with E-state index >= 15 is 0 Å². The molecule has 7 heteroatoms. The number of rotatable bonds is 3. The first-order valence-electron chi connectivity index (χ1n) is 7.02. The fraction of sp³-hybridized carbons (Fsp3) is 0.333. The lowest BCUT2D eigenvalue weighted by Gasteiger charge is -2.34. The molecule has 1 saturated heterocycles. The summed E-state index contributed by atoms with van der Waals surface area (Å²) in [5, 5.41) is 7.16. The number of methoxy groups -OCH3 is 1. The van der Waals surface area contributed by atoms with Gasteiger partial charge < -0.3 is 19.3 Å². The highest BCUT2D eigenvalue weighted by Gasteiger charge is 2.31. The van der Waals surface area contributed by atoms with E-state index in [-0.39, 0.29) is 6.04 Å². The summed E-state index contributed by atoms with van der Waals surface area (Å²) in [6, 6.07) is 8.59. The molecular formula is C15H17N3O4. The summed E-state index contributed by atoms with van der Waals surface area (Å²) in [7, 11) is 1.54. The molecule has 1 fully saturated rings. The highest BCUT2D eigenvalue weighted by molar-refractivity contribution is 5.72. The van der Waals surface area contributed by atoms with Crippen molar-refractivity contribution in [3.63, 3.8) is 0 Å². The van der Waals surface area contributed by atoms with Crippen molar-refractivity contribution in [1.82, 2.24) is 15.4 Å². The van der Waals surface area contributed by atoms with E-state index in [4.69, 9.17) is 14.0 Å². The Morgan fingerprint density at radius 1 is 1.36 bits per heavy atom. The average molecular weight is 303 g/mol. The fourth-order valence-electron chi connectivity index (χ4n) is 2.44. The zero-order valence-electron chi connectivity index (χ0n) is 12.2. The number of nitrogens with zero attached hydrogens (tertiary/aromatic N) is 2. The van der Waals surface area contributed by atoms with Gasteiger partial charge in [-0.2, -0.15) is 0 Å². The Morgan fingerprint density at radius 2 is 2.18 bits per heavy atom. The molecule has 1 unspecified atom stereocenters. The van der Waals surface area contributed by atoms with Crippen LogP contribution in [-0.4, -0.2) is 42.9 Å². The van der Waals surface area contributed by atoms with Crippen LogP contribution < -0.4 is 14.8 Å². The van der Waals surface area contributed by atoms with Gasteiger partial charge in [0.15, 0.2) is 11.5 Å². The standard InChI is InChI=1S/C15H17N3O4/c1-20-13-4-2-3-5-14(13)22-15(19)18-8-7-16-10-12(18)11-6-9-21-17-11/h2-6,9,12,16H,7-8,10H2,1H3. The predicted molar refractivity (Wildman–Crippen MR) is 77.8 cm³/mol. The van der Waals surface area contributed by atoms with Crippen LogP contribution in [0.15, 0.2) is 41.1 Å². The molecule has 3 rings (SSSR count). The molecule has 1 atom stereocenters. The first-order valence-corrected chi connectivity index (χ1v) is 7.02. The summed E-state index contributed by atoms with van der Waals surface area (Å²) in [6.07, 6.45) is 1.06. The van der Waals surface area contributed by atoms with Gasteiger partial charge in [-0.1, -0.05) is 17.3 Å². The van der Waals surface area contributed by atoms with Crippen molar-refractivity contribution in [2.75, 3.05) is 26.7 Å². The van der Waals surface area contributed by atoms with Gasteiger partial charge in [0.25, 0.3) is 0 Å². The first-order chi connectivity index (χ1) is 10.8. The lowest BCUT2D eigenvalue weighted by molar-refractivity contribution is 0.115. The van der Waals surface area contributed by atoms with Gasteiger partial charge in [0.1, 0.15) is 12.0 Å². The second-order valence-electron chi connectivity index (χ2n) is 4.86. The minimum atomic E-state index is -0.431. The van der Waals surface area contributed by atoms with Crippen molar-refractivity contribution in [2.24, 2.45) is 0 Å². The number of aromatic nitrogens is 1. The van der Waals surface area contributed by atoms with Crippen molar-refractivity contribution in [3.8, 4) is 11.5 Å². The first kappa shape index (κ1) is 14.4. The van der Waals surface area contributed by atoms with Crippen molar-refractivity contribution in [3.05, 3.63) is 42.3 Å². The minimum Gasteiger partial charge on any atom is -0.493 e. The van der Waals surface area contributed by atoms with Gasteiger partial charge in [0.2, 0.25) is 0 Å². The summed E-state index contributed by atoms with van der Waals surface area (Å²) in [5.41, 5.74) is 0.698. The molecule has 1 aromatic carbocycles. The summed E-state index contributed by atoms with van der Waals surface area (Å²) < 4.78 is 15.6. The van der Waals surface area contributed by atoms with E-state index in [1.54, 1.807) is 29.2 Å². The highest BCUT2D eigenvalue weighted by atomic mass is 16.6. The van der Waals surface area contributed by atoms with Crippen LogP contribution in [0.25, 0.3) is 0 Å². The van der Waals surface area contributed by atoms with Gasteiger partial charge in [0.05, 0.1) is 13.2 Å². The smallest absolute Gasteiger partial charge is 0.416 e. The molecule has 0 saturated carbocycles. The summed E-state index contributed by atoms with van der Waals surface area (Å²) >= 11 is 0. The van der Waals surface area contributed by atoms with Crippen molar-refractivity contribution in [1.29, 1.82) is 0 Å². The SMILES string of the molecule is COc1ccccc1OC(=O)N1CCNCC1c1ccon1. The Balaban J connectivity index is 1.77. The predicted octanol–water partition coefficient (Wildman–Crippen LogP) is 1.83. The third-order valence-electron chi connectivity index (χ3n) is 3.54. The molecule has 1 aliphatic rings. The topological polar surface area (TPSA) is 76.8 Å². The van der Waals surface area contributed by atoms with E-state index in [0.29, 0.717) is 36.8 Å². The molecule has 22 heavy (non-hydrogen) atoms. The van der Waals surface area contributed by atoms with Crippen molar-refractivity contribution < 1.29 is 18.8 Å². The Hall–Kier alpha value is -2.54. The van der Waals surface area contributed by atoms with Crippen LogP contribution in [0.2, 0.25) is 0 Å². The Bertz CT molecular complexity index is 629. The third-order valence-corrected chi connectivity index (χ3v) is 3.54. The number of carbonyl (C=O) groups is 1.